The quantitative estimate of drug-likeness (QED) is 0.663. The first-order chi connectivity index (χ1) is 11.8. The molecule has 0 bridgehead atoms. The van der Waals surface area contributed by atoms with E-state index in [9.17, 15) is 22.8 Å². The molecule has 8 nitrogen and oxygen atoms in total. The van der Waals surface area contributed by atoms with Crippen molar-refractivity contribution in [3.8, 4) is 0 Å². The van der Waals surface area contributed by atoms with Crippen LogP contribution in [0.2, 0.25) is 0 Å². The predicted octanol–water partition coefficient (Wildman–Crippen LogP) is -0.349. The number of carbonyl (C=O) groups is 3. The van der Waals surface area contributed by atoms with E-state index in [1.165, 1.54) is 6.92 Å². The summed E-state index contributed by atoms with van der Waals surface area (Å²) in [5, 5.41) is 4.99. The SMILES string of the molecule is C[C@@H](NC(=O)c1ccccc1)C(=O)OCC(=O)NC1CCS(=O)(=O)C1. The Balaban J connectivity index is 1.74. The Labute approximate surface area is 145 Å². The minimum absolute atomic E-state index is 0.0420. The molecule has 25 heavy (non-hydrogen) atoms. The highest BCUT2D eigenvalue weighted by molar-refractivity contribution is 7.91. The van der Waals surface area contributed by atoms with Crippen molar-refractivity contribution >= 4 is 27.6 Å². The molecular formula is C16H20N2O6S. The van der Waals surface area contributed by atoms with Crippen LogP contribution in [0.5, 0.6) is 0 Å². The topological polar surface area (TPSA) is 119 Å². The zero-order valence-electron chi connectivity index (χ0n) is 13.7. The Hall–Kier alpha value is -2.42. The molecule has 2 amide bonds. The molecule has 2 N–H and O–H groups in total. The molecule has 0 radical (unpaired) electrons. The second-order valence-electron chi connectivity index (χ2n) is 5.84. The van der Waals surface area contributed by atoms with Crippen molar-refractivity contribution in [2.45, 2.75) is 25.4 Å². The minimum atomic E-state index is -3.10. The molecule has 1 aliphatic heterocycles. The number of nitrogens with one attached hydrogen (secondary N) is 2. The molecule has 1 aromatic carbocycles. The third-order valence-electron chi connectivity index (χ3n) is 3.68. The molecule has 1 heterocycles. The van der Waals surface area contributed by atoms with Crippen molar-refractivity contribution in [2.24, 2.45) is 0 Å². The Morgan fingerprint density at radius 2 is 1.92 bits per heavy atom. The highest BCUT2D eigenvalue weighted by Crippen LogP contribution is 2.11. The maximum atomic E-state index is 11.9. The van der Waals surface area contributed by atoms with Crippen LogP contribution in [0, 0.1) is 0 Å². The van der Waals surface area contributed by atoms with Crippen LogP contribution in [0.25, 0.3) is 0 Å². The van der Waals surface area contributed by atoms with Crippen molar-refractivity contribution in [3.63, 3.8) is 0 Å². The molecule has 2 rings (SSSR count). The first-order valence-corrected chi connectivity index (χ1v) is 9.61. The predicted molar refractivity (Wildman–Crippen MR) is 89.5 cm³/mol. The van der Waals surface area contributed by atoms with E-state index in [0.29, 0.717) is 12.0 Å². The average Bonchev–Trinajstić information content (AvgIpc) is 2.91. The number of esters is 1. The van der Waals surface area contributed by atoms with E-state index in [-0.39, 0.29) is 11.5 Å². The molecule has 136 valence electrons. The summed E-state index contributed by atoms with van der Waals surface area (Å²) in [5.74, 6) is -1.81. The van der Waals surface area contributed by atoms with E-state index in [2.05, 4.69) is 10.6 Å². The average molecular weight is 368 g/mol. The molecule has 2 atom stereocenters. The molecule has 1 saturated heterocycles. The second kappa shape index (κ2) is 8.11. The van der Waals surface area contributed by atoms with Gasteiger partial charge in [-0.2, -0.15) is 0 Å². The van der Waals surface area contributed by atoms with Crippen molar-refractivity contribution in [1.82, 2.24) is 10.6 Å². The summed E-state index contributed by atoms with van der Waals surface area (Å²) in [6, 6.07) is 7.01. The Kier molecular flexibility index (Phi) is 6.13. The Morgan fingerprint density at radius 3 is 2.52 bits per heavy atom. The zero-order chi connectivity index (χ0) is 18.4. The van der Waals surface area contributed by atoms with Crippen molar-refractivity contribution in [2.75, 3.05) is 18.1 Å². The fraction of sp³-hybridized carbons (Fsp3) is 0.438. The number of carbonyl (C=O) groups excluding carboxylic acids is 3. The summed E-state index contributed by atoms with van der Waals surface area (Å²) in [6.45, 7) is 0.922. The number of amides is 2. The normalized spacial score (nSPS) is 19.6. The van der Waals surface area contributed by atoms with E-state index >= 15 is 0 Å². The van der Waals surface area contributed by atoms with Crippen LogP contribution in [-0.4, -0.2) is 56.4 Å². The molecule has 1 unspecified atom stereocenters. The number of ether oxygens (including phenoxy) is 1. The second-order valence-corrected chi connectivity index (χ2v) is 8.07. The number of hydrogen-bond donors (Lipinski definition) is 2. The van der Waals surface area contributed by atoms with Gasteiger partial charge in [-0.25, -0.2) is 13.2 Å². The number of benzene rings is 1. The van der Waals surface area contributed by atoms with Gasteiger partial charge in [0.15, 0.2) is 16.4 Å². The van der Waals surface area contributed by atoms with Gasteiger partial charge in [0.25, 0.3) is 11.8 Å². The largest absolute Gasteiger partial charge is 0.454 e. The first-order valence-electron chi connectivity index (χ1n) is 7.79. The molecule has 1 fully saturated rings. The van der Waals surface area contributed by atoms with Crippen LogP contribution < -0.4 is 10.6 Å². The van der Waals surface area contributed by atoms with Crippen molar-refractivity contribution in [3.05, 3.63) is 35.9 Å². The van der Waals surface area contributed by atoms with Gasteiger partial charge in [-0.1, -0.05) is 18.2 Å². The van der Waals surface area contributed by atoms with E-state index < -0.39 is 46.3 Å². The highest BCUT2D eigenvalue weighted by Gasteiger charge is 2.29. The number of hydrogen-bond acceptors (Lipinski definition) is 6. The van der Waals surface area contributed by atoms with Gasteiger partial charge in [-0.15, -0.1) is 0 Å². The molecule has 0 saturated carbocycles. The van der Waals surface area contributed by atoms with Gasteiger partial charge >= 0.3 is 5.97 Å². The molecule has 0 aliphatic carbocycles. The lowest BCUT2D eigenvalue weighted by atomic mass is 10.2. The van der Waals surface area contributed by atoms with E-state index in [0.717, 1.165) is 0 Å². The summed E-state index contributed by atoms with van der Waals surface area (Å²) in [6.07, 6.45) is 0.353. The monoisotopic (exact) mass is 368 g/mol. The number of sulfone groups is 1. The molecule has 0 spiro atoms. The summed E-state index contributed by atoms with van der Waals surface area (Å²) in [7, 11) is -3.10. The standard InChI is InChI=1S/C16H20N2O6S/c1-11(17-15(20)12-5-3-2-4-6-12)16(21)24-9-14(19)18-13-7-8-25(22,23)10-13/h2-6,11,13H,7-10H2,1H3,(H,17,20)(H,18,19)/t11-,13?/m1/s1. The van der Waals surface area contributed by atoms with Gasteiger partial charge < -0.3 is 15.4 Å². The van der Waals surface area contributed by atoms with Crippen LogP contribution in [0.1, 0.15) is 23.7 Å². The lowest BCUT2D eigenvalue weighted by Gasteiger charge is -2.14. The molecule has 1 aromatic rings. The van der Waals surface area contributed by atoms with Gasteiger partial charge in [0, 0.05) is 11.6 Å². The van der Waals surface area contributed by atoms with E-state index in [1.54, 1.807) is 30.3 Å². The summed E-state index contributed by atoms with van der Waals surface area (Å²) < 4.78 is 27.5. The fourth-order valence-electron chi connectivity index (χ4n) is 2.37. The Bertz CT molecular complexity index is 747. The number of rotatable bonds is 6. The first kappa shape index (κ1) is 18.9. The third-order valence-corrected chi connectivity index (χ3v) is 5.45. The van der Waals surface area contributed by atoms with E-state index in [1.807, 2.05) is 0 Å². The minimum Gasteiger partial charge on any atom is -0.454 e. The maximum Gasteiger partial charge on any atom is 0.328 e. The fourth-order valence-corrected chi connectivity index (χ4v) is 4.04. The van der Waals surface area contributed by atoms with Gasteiger partial charge in [-0.05, 0) is 25.5 Å². The van der Waals surface area contributed by atoms with Gasteiger partial charge in [0.05, 0.1) is 11.5 Å². The van der Waals surface area contributed by atoms with E-state index in [4.69, 9.17) is 4.74 Å². The molecule has 0 aromatic heterocycles. The van der Waals surface area contributed by atoms with Crippen molar-refractivity contribution in [1.29, 1.82) is 0 Å². The summed E-state index contributed by atoms with van der Waals surface area (Å²) in [5.41, 5.74) is 0.405. The van der Waals surface area contributed by atoms with Crippen molar-refractivity contribution < 1.29 is 27.5 Å². The highest BCUT2D eigenvalue weighted by atomic mass is 32.2. The van der Waals surface area contributed by atoms with Crippen LogP contribution in [0.3, 0.4) is 0 Å². The van der Waals surface area contributed by atoms with Crippen LogP contribution >= 0.6 is 0 Å². The smallest absolute Gasteiger partial charge is 0.328 e. The maximum absolute atomic E-state index is 11.9. The molecular weight excluding hydrogens is 348 g/mol. The summed E-state index contributed by atoms with van der Waals surface area (Å²) in [4.78, 5) is 35.5. The Morgan fingerprint density at radius 1 is 1.24 bits per heavy atom. The lowest BCUT2D eigenvalue weighted by Crippen LogP contribution is -2.42. The van der Waals surface area contributed by atoms with Crippen LogP contribution in [0.15, 0.2) is 30.3 Å². The van der Waals surface area contributed by atoms with Gasteiger partial charge in [0.1, 0.15) is 6.04 Å². The van der Waals surface area contributed by atoms with Crippen LogP contribution in [-0.2, 0) is 24.2 Å². The molecule has 1 aliphatic rings. The van der Waals surface area contributed by atoms with Gasteiger partial charge in [0.2, 0.25) is 0 Å². The van der Waals surface area contributed by atoms with Gasteiger partial charge in [-0.3, -0.25) is 9.59 Å². The third kappa shape index (κ3) is 5.86. The van der Waals surface area contributed by atoms with Crippen LogP contribution in [0.4, 0.5) is 0 Å². The lowest BCUT2D eigenvalue weighted by molar-refractivity contribution is -0.150. The molecule has 9 heteroatoms. The summed E-state index contributed by atoms with van der Waals surface area (Å²) >= 11 is 0. The zero-order valence-corrected chi connectivity index (χ0v) is 14.5.